The second-order valence-corrected chi connectivity index (χ2v) is 13.7. The van der Waals surface area contributed by atoms with E-state index in [0.717, 1.165) is 0 Å². The Morgan fingerprint density at radius 3 is 1.55 bits per heavy atom. The van der Waals surface area contributed by atoms with Gasteiger partial charge in [-0.1, -0.05) is 6.92 Å². The zero-order chi connectivity index (χ0) is 9.12. The fourth-order valence-electron chi connectivity index (χ4n) is 0.620. The van der Waals surface area contributed by atoms with Crippen molar-refractivity contribution in [2.75, 3.05) is 48.5 Å². The summed E-state index contributed by atoms with van der Waals surface area (Å²) in [7, 11) is -0.478. The van der Waals surface area contributed by atoms with Gasteiger partial charge in [-0.15, -0.1) is 0 Å². The maximum Gasteiger partial charge on any atom is -0.0156 e. The number of hydrogen-bond donors (Lipinski definition) is 0. The maximum absolute atomic E-state index is 2.46. The van der Waals surface area contributed by atoms with Gasteiger partial charge in [0.05, 0.1) is 0 Å². The molecule has 0 N–H and O–H groups in total. The Labute approximate surface area is 75.8 Å². The van der Waals surface area contributed by atoms with Gasteiger partial charge >= 0.3 is 0 Å². The minimum Gasteiger partial charge on any atom is -0.249 e. The molecule has 0 nitrogen and oxygen atoms in total. The Morgan fingerprint density at radius 1 is 0.818 bits per heavy atom. The fraction of sp³-hybridized carbons (Fsp3) is 1.00. The molecule has 0 unspecified atom stereocenters. The lowest BCUT2D eigenvalue weighted by molar-refractivity contribution is 1.41. The van der Waals surface area contributed by atoms with Crippen LogP contribution in [0.15, 0.2) is 0 Å². The largest absolute Gasteiger partial charge is 0.249 e. The van der Waals surface area contributed by atoms with E-state index in [1.165, 1.54) is 17.3 Å². The van der Waals surface area contributed by atoms with E-state index in [2.05, 4.69) is 38.2 Å². The second kappa shape index (κ2) is 4.08. The highest BCUT2D eigenvalue weighted by molar-refractivity contribution is 8.35. The standard InChI is InChI=1S/C9H24S2/c1-7-11(5,6)9-8-10(2,3)4/h7-9H2,1-6H3. The van der Waals surface area contributed by atoms with Crippen molar-refractivity contribution >= 4 is 20.1 Å². The first-order chi connectivity index (χ1) is 4.77. The van der Waals surface area contributed by atoms with Crippen molar-refractivity contribution in [2.45, 2.75) is 6.92 Å². The molecule has 0 aromatic carbocycles. The summed E-state index contributed by atoms with van der Waals surface area (Å²) in [6.45, 7) is 2.33. The van der Waals surface area contributed by atoms with Crippen LogP contribution in [-0.2, 0) is 0 Å². The summed E-state index contributed by atoms with van der Waals surface area (Å²) in [5, 5.41) is 0. The Kier molecular flexibility index (Phi) is 4.34. The summed E-state index contributed by atoms with van der Waals surface area (Å²) in [5.41, 5.74) is 0. The van der Waals surface area contributed by atoms with Crippen molar-refractivity contribution in [1.29, 1.82) is 0 Å². The quantitative estimate of drug-likeness (QED) is 0.649. The third-order valence-corrected chi connectivity index (χ3v) is 6.59. The number of rotatable bonds is 4. The van der Waals surface area contributed by atoms with E-state index in [-0.39, 0.29) is 20.1 Å². The molecule has 0 aromatic heterocycles. The smallest absolute Gasteiger partial charge is 0.0156 e. The lowest BCUT2D eigenvalue weighted by Gasteiger charge is -2.35. The van der Waals surface area contributed by atoms with E-state index in [1.54, 1.807) is 0 Å². The van der Waals surface area contributed by atoms with Crippen molar-refractivity contribution < 1.29 is 0 Å². The van der Waals surface area contributed by atoms with E-state index < -0.39 is 0 Å². The zero-order valence-electron chi connectivity index (χ0n) is 8.94. The molecule has 0 heterocycles. The lowest BCUT2D eigenvalue weighted by atomic mass is 10.9. The van der Waals surface area contributed by atoms with Crippen LogP contribution in [0.3, 0.4) is 0 Å². The van der Waals surface area contributed by atoms with E-state index in [0.29, 0.717) is 0 Å². The van der Waals surface area contributed by atoms with Crippen LogP contribution < -0.4 is 0 Å². The van der Waals surface area contributed by atoms with Crippen molar-refractivity contribution in [3.8, 4) is 0 Å². The topological polar surface area (TPSA) is 0 Å². The number of hydrogen-bond acceptors (Lipinski definition) is 0. The highest BCUT2D eigenvalue weighted by atomic mass is 32.3. The molecule has 0 saturated heterocycles. The Bertz CT molecular complexity index is 111. The highest BCUT2D eigenvalue weighted by Crippen LogP contribution is 2.44. The predicted octanol–water partition coefficient (Wildman–Crippen LogP) is 2.76. The maximum atomic E-state index is 2.46. The predicted molar refractivity (Wildman–Crippen MR) is 65.1 cm³/mol. The second-order valence-electron chi connectivity index (χ2n) is 4.55. The first-order valence-electron chi connectivity index (χ1n) is 4.11. The summed E-state index contributed by atoms with van der Waals surface area (Å²) in [5.74, 6) is 4.33. The first kappa shape index (κ1) is 11.7. The van der Waals surface area contributed by atoms with Gasteiger partial charge in [-0.2, -0.15) is 0 Å². The van der Waals surface area contributed by atoms with Gasteiger partial charge in [0.25, 0.3) is 0 Å². The van der Waals surface area contributed by atoms with Gasteiger partial charge in [-0.3, -0.25) is 0 Å². The first-order valence-corrected chi connectivity index (χ1v) is 9.93. The van der Waals surface area contributed by atoms with E-state index in [9.17, 15) is 0 Å². The average Bonchev–Trinajstić information content (AvgIpc) is 1.83. The Balaban J connectivity index is 3.70. The molecule has 0 fully saturated rings. The van der Waals surface area contributed by atoms with Gasteiger partial charge in [0.1, 0.15) is 0 Å². The highest BCUT2D eigenvalue weighted by Gasteiger charge is 2.12. The monoisotopic (exact) mass is 196 g/mol. The molecule has 0 saturated carbocycles. The molecule has 0 spiro atoms. The van der Waals surface area contributed by atoms with Crippen LogP contribution in [0.2, 0.25) is 0 Å². The van der Waals surface area contributed by atoms with Gasteiger partial charge in [0.2, 0.25) is 0 Å². The van der Waals surface area contributed by atoms with Gasteiger partial charge in [-0.25, -0.2) is 20.1 Å². The zero-order valence-corrected chi connectivity index (χ0v) is 10.6. The van der Waals surface area contributed by atoms with Gasteiger partial charge in [0, 0.05) is 0 Å². The van der Waals surface area contributed by atoms with E-state index in [4.69, 9.17) is 0 Å². The van der Waals surface area contributed by atoms with Crippen LogP contribution in [0.25, 0.3) is 0 Å². The summed E-state index contributed by atoms with van der Waals surface area (Å²) < 4.78 is 0. The molecular formula is C9H24S2. The minimum atomic E-state index is -0.247. The molecular weight excluding hydrogens is 172 g/mol. The molecule has 0 atom stereocenters. The van der Waals surface area contributed by atoms with Crippen LogP contribution in [0.4, 0.5) is 0 Å². The molecule has 0 amide bonds. The summed E-state index contributed by atoms with van der Waals surface area (Å²) in [4.78, 5) is 0. The van der Waals surface area contributed by atoms with E-state index in [1.807, 2.05) is 0 Å². The lowest BCUT2D eigenvalue weighted by Crippen LogP contribution is -2.11. The molecule has 0 bridgehead atoms. The minimum absolute atomic E-state index is 0.232. The van der Waals surface area contributed by atoms with Gasteiger partial charge < -0.3 is 0 Å². The van der Waals surface area contributed by atoms with Gasteiger partial charge in [0.15, 0.2) is 0 Å². The normalized spacial score (nSPS) is 16.5. The summed E-state index contributed by atoms with van der Waals surface area (Å²) >= 11 is 0. The van der Waals surface area contributed by atoms with Crippen LogP contribution in [0.1, 0.15) is 6.92 Å². The molecule has 2 heteroatoms. The van der Waals surface area contributed by atoms with Crippen LogP contribution in [-0.4, -0.2) is 48.5 Å². The van der Waals surface area contributed by atoms with Crippen molar-refractivity contribution in [3.05, 3.63) is 0 Å². The van der Waals surface area contributed by atoms with Crippen LogP contribution >= 0.6 is 20.1 Å². The molecule has 11 heavy (non-hydrogen) atoms. The summed E-state index contributed by atoms with van der Waals surface area (Å²) in [6, 6.07) is 0. The van der Waals surface area contributed by atoms with Crippen LogP contribution in [0, 0.1) is 0 Å². The van der Waals surface area contributed by atoms with Crippen molar-refractivity contribution in [3.63, 3.8) is 0 Å². The molecule has 0 aliphatic heterocycles. The molecule has 0 radical (unpaired) electrons. The molecule has 0 rings (SSSR count). The van der Waals surface area contributed by atoms with Crippen molar-refractivity contribution in [1.82, 2.24) is 0 Å². The van der Waals surface area contributed by atoms with E-state index >= 15 is 0 Å². The van der Waals surface area contributed by atoms with Crippen molar-refractivity contribution in [2.24, 2.45) is 0 Å². The fourth-order valence-corrected chi connectivity index (χ4v) is 4.71. The molecule has 0 aliphatic rings. The third kappa shape index (κ3) is 7.07. The third-order valence-electron chi connectivity index (χ3n) is 2.03. The molecule has 0 aromatic rings. The SMILES string of the molecule is CCS(C)(C)CCS(C)(C)C. The Morgan fingerprint density at radius 2 is 1.27 bits per heavy atom. The molecule has 0 aliphatic carbocycles. The molecule has 72 valence electrons. The average molecular weight is 196 g/mol. The summed E-state index contributed by atoms with van der Waals surface area (Å²) in [6.07, 6.45) is 12.2. The van der Waals surface area contributed by atoms with Gasteiger partial charge in [-0.05, 0) is 48.5 Å². The Hall–Kier alpha value is 0.700. The van der Waals surface area contributed by atoms with Crippen LogP contribution in [0.5, 0.6) is 0 Å².